The van der Waals surface area contributed by atoms with Gasteiger partial charge in [-0.25, -0.2) is 22.5 Å². The van der Waals surface area contributed by atoms with Crippen molar-refractivity contribution in [3.05, 3.63) is 94.8 Å². The maximum Gasteiger partial charge on any atom is 0.337 e. The van der Waals surface area contributed by atoms with Crippen molar-refractivity contribution < 1.29 is 31.9 Å². The number of hydrogen-bond acceptors (Lipinski definition) is 6. The Balaban J connectivity index is 1.71. The molecule has 3 aromatic rings. The van der Waals surface area contributed by atoms with Crippen LogP contribution in [0.3, 0.4) is 0 Å². The van der Waals surface area contributed by atoms with E-state index in [1.165, 1.54) is 79.9 Å². The summed E-state index contributed by atoms with van der Waals surface area (Å²) in [6, 6.07) is 14.9. The van der Waals surface area contributed by atoms with Gasteiger partial charge in [0.1, 0.15) is 11.9 Å². The van der Waals surface area contributed by atoms with Crippen molar-refractivity contribution in [2.24, 2.45) is 0 Å². The number of carbonyl (C=O) groups is 3. The normalized spacial score (nSPS) is 16.0. The van der Waals surface area contributed by atoms with E-state index in [9.17, 15) is 27.2 Å². The maximum absolute atomic E-state index is 13.6. The minimum absolute atomic E-state index is 0.116. The molecule has 0 aliphatic carbocycles. The second-order valence-electron chi connectivity index (χ2n) is 7.96. The number of imide groups is 1. The molecule has 0 bridgehead atoms. The maximum atomic E-state index is 13.6. The van der Waals surface area contributed by atoms with Gasteiger partial charge in [-0.3, -0.25) is 9.59 Å². The number of anilines is 1. The number of methoxy groups -OCH3 is 1. The molecule has 1 unspecified atom stereocenters. The highest BCUT2D eigenvalue weighted by Crippen LogP contribution is 2.31. The Hall–Kier alpha value is -3.60. The molecule has 0 saturated carbocycles. The Morgan fingerprint density at radius 1 is 1.03 bits per heavy atom. The minimum atomic E-state index is -4.27. The van der Waals surface area contributed by atoms with E-state index in [4.69, 9.17) is 11.6 Å². The van der Waals surface area contributed by atoms with Crippen molar-refractivity contribution in [1.82, 2.24) is 4.31 Å². The molecular formula is C25H20ClFN2O6S. The quantitative estimate of drug-likeness (QED) is 0.340. The predicted molar refractivity (Wildman–Crippen MR) is 129 cm³/mol. The van der Waals surface area contributed by atoms with Crippen LogP contribution in [0.1, 0.15) is 22.3 Å². The summed E-state index contributed by atoms with van der Waals surface area (Å²) in [7, 11) is -3.05. The van der Waals surface area contributed by atoms with Crippen molar-refractivity contribution in [3.63, 3.8) is 0 Å². The molecule has 0 spiro atoms. The van der Waals surface area contributed by atoms with Crippen LogP contribution in [-0.2, 0) is 30.9 Å². The Labute approximate surface area is 211 Å². The molecule has 1 saturated heterocycles. The summed E-state index contributed by atoms with van der Waals surface area (Å²) in [6.07, 6.45) is -0.397. The van der Waals surface area contributed by atoms with Crippen molar-refractivity contribution in [3.8, 4) is 0 Å². The molecule has 11 heteroatoms. The number of esters is 1. The molecule has 8 nitrogen and oxygen atoms in total. The van der Waals surface area contributed by atoms with E-state index >= 15 is 0 Å². The summed E-state index contributed by atoms with van der Waals surface area (Å²) < 4.78 is 46.3. The van der Waals surface area contributed by atoms with Crippen LogP contribution in [0.15, 0.2) is 77.7 Å². The lowest BCUT2D eigenvalue weighted by atomic mass is 10.2. The highest BCUT2D eigenvalue weighted by molar-refractivity contribution is 7.89. The predicted octanol–water partition coefficient (Wildman–Crippen LogP) is 3.79. The van der Waals surface area contributed by atoms with E-state index in [0.29, 0.717) is 10.6 Å². The smallest absolute Gasteiger partial charge is 0.337 e. The molecule has 36 heavy (non-hydrogen) atoms. The van der Waals surface area contributed by atoms with Crippen molar-refractivity contribution in [2.45, 2.75) is 23.9 Å². The zero-order valence-electron chi connectivity index (χ0n) is 18.9. The van der Waals surface area contributed by atoms with E-state index in [0.717, 1.165) is 9.21 Å². The largest absolute Gasteiger partial charge is 0.465 e. The first-order chi connectivity index (χ1) is 17.1. The minimum Gasteiger partial charge on any atom is -0.465 e. The molecule has 1 atom stereocenters. The standard InChI is InChI=1S/C25H20ClFN2O6S/c1-35-25(32)17-4-10-20(11-5-17)29-23(30)14-22(24(29)31)28(15-16-2-8-19(27)9-3-16)36(33,34)21-12-6-18(26)7-13-21/h2-13,22H,14-15H2,1H3. The Morgan fingerprint density at radius 3 is 2.22 bits per heavy atom. The average molecular weight is 531 g/mol. The number of rotatable bonds is 7. The highest BCUT2D eigenvalue weighted by Gasteiger charge is 2.47. The third kappa shape index (κ3) is 5.01. The molecule has 1 heterocycles. The fraction of sp³-hybridized carbons (Fsp3) is 0.160. The Bertz CT molecular complexity index is 1410. The lowest BCUT2D eigenvalue weighted by Gasteiger charge is -2.27. The number of amides is 2. The van der Waals surface area contributed by atoms with Crippen LogP contribution in [0.4, 0.5) is 10.1 Å². The number of ether oxygens (including phenoxy) is 1. The summed E-state index contributed by atoms with van der Waals surface area (Å²) in [5.74, 6) is -2.44. The van der Waals surface area contributed by atoms with Crippen molar-refractivity contribution in [2.75, 3.05) is 12.0 Å². The van der Waals surface area contributed by atoms with Crippen molar-refractivity contribution >= 4 is 45.1 Å². The number of halogens is 2. The van der Waals surface area contributed by atoms with Crippen LogP contribution < -0.4 is 4.90 Å². The fourth-order valence-electron chi connectivity index (χ4n) is 3.85. The number of nitrogens with zero attached hydrogens (tertiary/aromatic N) is 2. The first-order valence-corrected chi connectivity index (χ1v) is 12.5. The summed E-state index contributed by atoms with van der Waals surface area (Å²) in [4.78, 5) is 38.8. The van der Waals surface area contributed by atoms with Crippen LogP contribution in [-0.4, -0.2) is 43.7 Å². The van der Waals surface area contributed by atoms with E-state index in [-0.39, 0.29) is 22.7 Å². The third-order valence-electron chi connectivity index (χ3n) is 5.69. The zero-order chi connectivity index (χ0) is 26.0. The fourth-order valence-corrected chi connectivity index (χ4v) is 5.55. The second-order valence-corrected chi connectivity index (χ2v) is 10.3. The molecule has 0 radical (unpaired) electrons. The van der Waals surface area contributed by atoms with Crippen molar-refractivity contribution in [1.29, 1.82) is 0 Å². The lowest BCUT2D eigenvalue weighted by molar-refractivity contribution is -0.122. The number of benzene rings is 3. The molecule has 1 fully saturated rings. The molecule has 0 N–H and O–H groups in total. The van der Waals surface area contributed by atoms with Gasteiger partial charge in [0.05, 0.1) is 29.7 Å². The van der Waals surface area contributed by atoms with Crippen LogP contribution >= 0.6 is 11.6 Å². The van der Waals surface area contributed by atoms with Crippen LogP contribution in [0.5, 0.6) is 0 Å². The molecule has 1 aliphatic rings. The van der Waals surface area contributed by atoms with E-state index in [1.54, 1.807) is 0 Å². The van der Waals surface area contributed by atoms with E-state index < -0.39 is 46.1 Å². The van der Waals surface area contributed by atoms with Gasteiger partial charge in [0.2, 0.25) is 15.9 Å². The van der Waals surface area contributed by atoms with Gasteiger partial charge in [-0.05, 0) is 66.2 Å². The van der Waals surface area contributed by atoms with Gasteiger partial charge in [0, 0.05) is 11.6 Å². The zero-order valence-corrected chi connectivity index (χ0v) is 20.5. The summed E-state index contributed by atoms with van der Waals surface area (Å²) in [5.41, 5.74) is 0.834. The van der Waals surface area contributed by atoms with E-state index in [1.807, 2.05) is 0 Å². The molecule has 186 valence electrons. The van der Waals surface area contributed by atoms with Gasteiger partial charge in [-0.2, -0.15) is 4.31 Å². The summed E-state index contributed by atoms with van der Waals surface area (Å²) in [5, 5.41) is 0.327. The van der Waals surface area contributed by atoms with Gasteiger partial charge in [-0.15, -0.1) is 0 Å². The lowest BCUT2D eigenvalue weighted by Crippen LogP contribution is -2.45. The molecule has 0 aromatic heterocycles. The van der Waals surface area contributed by atoms with Crippen LogP contribution in [0.25, 0.3) is 0 Å². The first-order valence-electron chi connectivity index (χ1n) is 10.7. The van der Waals surface area contributed by atoms with Gasteiger partial charge in [0.15, 0.2) is 0 Å². The summed E-state index contributed by atoms with van der Waals surface area (Å²) >= 11 is 5.90. The Kier molecular flexibility index (Phi) is 7.21. The first kappa shape index (κ1) is 25.5. The number of carbonyl (C=O) groups excluding carboxylic acids is 3. The molecular weight excluding hydrogens is 511 g/mol. The second kappa shape index (κ2) is 10.2. The molecule has 1 aliphatic heterocycles. The third-order valence-corrected chi connectivity index (χ3v) is 7.81. The molecule has 4 rings (SSSR count). The molecule has 2 amide bonds. The van der Waals surface area contributed by atoms with E-state index in [2.05, 4.69) is 4.74 Å². The average Bonchev–Trinajstić information content (AvgIpc) is 3.16. The van der Waals surface area contributed by atoms with Crippen LogP contribution in [0.2, 0.25) is 5.02 Å². The van der Waals surface area contributed by atoms with Gasteiger partial charge in [0.25, 0.3) is 5.91 Å². The summed E-state index contributed by atoms with van der Waals surface area (Å²) in [6.45, 7) is -0.274. The SMILES string of the molecule is COC(=O)c1ccc(N2C(=O)CC(N(Cc3ccc(F)cc3)S(=O)(=O)c3ccc(Cl)cc3)C2=O)cc1. The number of hydrogen-bond donors (Lipinski definition) is 0. The topological polar surface area (TPSA) is 101 Å². The van der Waals surface area contributed by atoms with Crippen LogP contribution in [0, 0.1) is 5.82 Å². The number of sulfonamides is 1. The monoisotopic (exact) mass is 530 g/mol. The Morgan fingerprint density at radius 2 is 1.64 bits per heavy atom. The van der Waals surface area contributed by atoms with Gasteiger partial charge >= 0.3 is 5.97 Å². The molecule has 3 aromatic carbocycles. The van der Waals surface area contributed by atoms with Gasteiger partial charge < -0.3 is 4.74 Å². The van der Waals surface area contributed by atoms with Gasteiger partial charge in [-0.1, -0.05) is 23.7 Å². The highest BCUT2D eigenvalue weighted by atomic mass is 35.5.